The Hall–Kier alpha value is -1.30. The Labute approximate surface area is 140 Å². The zero-order valence-electron chi connectivity index (χ0n) is 15.6. The van der Waals surface area contributed by atoms with Crippen LogP contribution in [0.2, 0.25) is 0 Å². The second kappa shape index (κ2) is 9.75. The summed E-state index contributed by atoms with van der Waals surface area (Å²) < 4.78 is 5.29. The fraction of sp³-hybridized carbons (Fsp3) is 0.882. The highest BCUT2D eigenvalue weighted by molar-refractivity contribution is 5.73. The number of hydrogen-bond acceptors (Lipinski definition) is 4. The van der Waals surface area contributed by atoms with Gasteiger partial charge in [-0.2, -0.15) is 0 Å². The number of nitrogens with one attached hydrogen (secondary N) is 2. The maximum absolute atomic E-state index is 12.0. The lowest BCUT2D eigenvalue weighted by molar-refractivity contribution is -0.140. The van der Waals surface area contributed by atoms with Gasteiger partial charge in [-0.1, -0.05) is 40.5 Å². The first-order chi connectivity index (χ1) is 10.5. The van der Waals surface area contributed by atoms with Crippen LogP contribution in [0.1, 0.15) is 61.3 Å². The van der Waals surface area contributed by atoms with E-state index in [4.69, 9.17) is 4.74 Å². The minimum Gasteiger partial charge on any atom is -0.480 e. The first-order valence-electron chi connectivity index (χ1n) is 8.47. The monoisotopic (exact) mass is 330 g/mol. The fourth-order valence-corrected chi connectivity index (χ4v) is 2.16. The number of amides is 1. The largest absolute Gasteiger partial charge is 0.480 e. The number of rotatable bonds is 9. The zero-order chi connectivity index (χ0) is 18.2. The highest BCUT2D eigenvalue weighted by atomic mass is 16.6. The van der Waals surface area contributed by atoms with Crippen LogP contribution < -0.4 is 10.6 Å². The lowest BCUT2D eigenvalue weighted by Crippen LogP contribution is -2.52. The van der Waals surface area contributed by atoms with Gasteiger partial charge in [0.05, 0.1) is 0 Å². The van der Waals surface area contributed by atoms with Crippen LogP contribution in [0, 0.1) is 11.8 Å². The minimum atomic E-state index is -0.862. The standard InChI is InChI=1S/C17H34N2O4/c1-8-11(3)13(19-16(22)23-17(5,6)7)10-18-14(15(20)21)12(4)9-2/h11-14,18H,8-10H2,1-7H3,(H,19,22)(H,20,21). The van der Waals surface area contributed by atoms with Crippen LogP contribution in [0.25, 0.3) is 0 Å². The molecule has 0 heterocycles. The molecule has 0 aromatic rings. The summed E-state index contributed by atoms with van der Waals surface area (Å²) >= 11 is 0. The van der Waals surface area contributed by atoms with Crippen molar-refractivity contribution in [1.82, 2.24) is 10.6 Å². The number of carbonyl (C=O) groups excluding carboxylic acids is 1. The van der Waals surface area contributed by atoms with Gasteiger partial charge in [0, 0.05) is 12.6 Å². The summed E-state index contributed by atoms with van der Waals surface area (Å²) in [6.07, 6.45) is 1.18. The van der Waals surface area contributed by atoms with E-state index in [1.807, 2.05) is 48.5 Å². The molecule has 4 atom stereocenters. The molecule has 3 N–H and O–H groups in total. The molecule has 23 heavy (non-hydrogen) atoms. The number of carboxylic acid groups (broad SMARTS) is 1. The van der Waals surface area contributed by atoms with Crippen LogP contribution in [-0.2, 0) is 9.53 Å². The number of carboxylic acids is 1. The molecule has 0 aromatic heterocycles. The van der Waals surface area contributed by atoms with Crippen LogP contribution >= 0.6 is 0 Å². The van der Waals surface area contributed by atoms with Gasteiger partial charge in [0.25, 0.3) is 0 Å². The number of aliphatic carboxylic acids is 1. The van der Waals surface area contributed by atoms with Crippen molar-refractivity contribution in [3.63, 3.8) is 0 Å². The SMILES string of the molecule is CCC(C)C(CNC(C(=O)O)C(C)CC)NC(=O)OC(C)(C)C. The maximum Gasteiger partial charge on any atom is 0.407 e. The Morgan fingerprint density at radius 3 is 2.00 bits per heavy atom. The van der Waals surface area contributed by atoms with E-state index in [0.717, 1.165) is 12.8 Å². The Morgan fingerprint density at radius 2 is 1.61 bits per heavy atom. The molecule has 136 valence electrons. The molecule has 0 bridgehead atoms. The van der Waals surface area contributed by atoms with Crippen molar-refractivity contribution in [3.8, 4) is 0 Å². The van der Waals surface area contributed by atoms with E-state index in [-0.39, 0.29) is 17.9 Å². The molecule has 6 heteroatoms. The average molecular weight is 330 g/mol. The smallest absolute Gasteiger partial charge is 0.407 e. The number of ether oxygens (including phenoxy) is 1. The van der Waals surface area contributed by atoms with Crippen molar-refractivity contribution in [2.75, 3.05) is 6.54 Å². The molecule has 0 aliphatic carbocycles. The predicted octanol–water partition coefficient (Wildman–Crippen LogP) is 3.01. The third kappa shape index (κ3) is 8.79. The second-order valence-corrected chi connectivity index (χ2v) is 7.25. The van der Waals surface area contributed by atoms with Gasteiger partial charge in [-0.15, -0.1) is 0 Å². The van der Waals surface area contributed by atoms with Crippen molar-refractivity contribution in [1.29, 1.82) is 0 Å². The van der Waals surface area contributed by atoms with Crippen molar-refractivity contribution in [3.05, 3.63) is 0 Å². The molecule has 6 nitrogen and oxygen atoms in total. The van der Waals surface area contributed by atoms with E-state index in [9.17, 15) is 14.7 Å². The van der Waals surface area contributed by atoms with Crippen LogP contribution in [0.5, 0.6) is 0 Å². The molecule has 0 saturated carbocycles. The highest BCUT2D eigenvalue weighted by Gasteiger charge is 2.27. The Morgan fingerprint density at radius 1 is 1.09 bits per heavy atom. The highest BCUT2D eigenvalue weighted by Crippen LogP contribution is 2.12. The van der Waals surface area contributed by atoms with Crippen LogP contribution in [0.15, 0.2) is 0 Å². The van der Waals surface area contributed by atoms with E-state index >= 15 is 0 Å². The van der Waals surface area contributed by atoms with Gasteiger partial charge in [-0.3, -0.25) is 4.79 Å². The van der Waals surface area contributed by atoms with Crippen molar-refractivity contribution >= 4 is 12.1 Å². The molecular weight excluding hydrogens is 296 g/mol. The Balaban J connectivity index is 4.79. The van der Waals surface area contributed by atoms with E-state index in [1.54, 1.807) is 0 Å². The third-order valence-corrected chi connectivity index (χ3v) is 4.07. The van der Waals surface area contributed by atoms with Gasteiger partial charge in [0.1, 0.15) is 11.6 Å². The second-order valence-electron chi connectivity index (χ2n) is 7.25. The van der Waals surface area contributed by atoms with Gasteiger partial charge in [0.15, 0.2) is 0 Å². The molecule has 0 saturated heterocycles. The zero-order valence-corrected chi connectivity index (χ0v) is 15.6. The molecule has 0 rings (SSSR count). The molecular formula is C17H34N2O4. The van der Waals surface area contributed by atoms with E-state index in [2.05, 4.69) is 10.6 Å². The molecule has 0 fully saturated rings. The summed E-state index contributed by atoms with van der Waals surface area (Å²) in [7, 11) is 0. The third-order valence-electron chi connectivity index (χ3n) is 4.07. The summed E-state index contributed by atoms with van der Waals surface area (Å²) in [6.45, 7) is 13.8. The summed E-state index contributed by atoms with van der Waals surface area (Å²) in [5.41, 5.74) is -0.558. The van der Waals surface area contributed by atoms with Crippen LogP contribution in [-0.4, -0.2) is 41.4 Å². The Bertz CT molecular complexity index is 379. The van der Waals surface area contributed by atoms with Gasteiger partial charge >= 0.3 is 12.1 Å². The van der Waals surface area contributed by atoms with Crippen molar-refractivity contribution in [2.45, 2.75) is 79.0 Å². The number of alkyl carbamates (subject to hydrolysis) is 1. The van der Waals surface area contributed by atoms with Gasteiger partial charge in [-0.05, 0) is 32.6 Å². The maximum atomic E-state index is 12.0. The quantitative estimate of drug-likeness (QED) is 0.605. The van der Waals surface area contributed by atoms with Crippen molar-refractivity contribution < 1.29 is 19.4 Å². The van der Waals surface area contributed by atoms with E-state index < -0.39 is 23.7 Å². The van der Waals surface area contributed by atoms with Crippen molar-refractivity contribution in [2.24, 2.45) is 11.8 Å². The fourth-order valence-electron chi connectivity index (χ4n) is 2.16. The van der Waals surface area contributed by atoms with Gasteiger partial charge in [0.2, 0.25) is 0 Å². The van der Waals surface area contributed by atoms with Crippen LogP contribution in [0.4, 0.5) is 4.79 Å². The lowest BCUT2D eigenvalue weighted by atomic mass is 9.96. The summed E-state index contributed by atoms with van der Waals surface area (Å²) in [5, 5.41) is 15.3. The van der Waals surface area contributed by atoms with Gasteiger partial charge < -0.3 is 20.5 Å². The van der Waals surface area contributed by atoms with E-state index in [1.165, 1.54) is 0 Å². The summed E-state index contributed by atoms with van der Waals surface area (Å²) in [6, 6.07) is -0.798. The number of carbonyl (C=O) groups is 2. The summed E-state index contributed by atoms with van der Waals surface area (Å²) in [5.74, 6) is -0.632. The summed E-state index contributed by atoms with van der Waals surface area (Å²) in [4.78, 5) is 23.4. The first kappa shape index (κ1) is 21.7. The molecule has 0 radical (unpaired) electrons. The van der Waals surface area contributed by atoms with Crippen LogP contribution in [0.3, 0.4) is 0 Å². The Kier molecular flexibility index (Phi) is 9.20. The van der Waals surface area contributed by atoms with E-state index in [0.29, 0.717) is 6.54 Å². The van der Waals surface area contributed by atoms with Gasteiger partial charge in [-0.25, -0.2) is 4.79 Å². The molecule has 0 spiro atoms. The first-order valence-corrected chi connectivity index (χ1v) is 8.47. The normalized spacial score (nSPS) is 17.0. The predicted molar refractivity (Wildman–Crippen MR) is 91.5 cm³/mol. The topological polar surface area (TPSA) is 87.7 Å². The lowest BCUT2D eigenvalue weighted by Gasteiger charge is -2.29. The molecule has 0 aliphatic rings. The molecule has 0 aromatic carbocycles. The molecule has 1 amide bonds. The average Bonchev–Trinajstić information content (AvgIpc) is 2.42. The molecule has 0 aliphatic heterocycles. The minimum absolute atomic E-state index is 0.0200. The molecule has 4 unspecified atom stereocenters. The number of hydrogen-bond donors (Lipinski definition) is 3.